The molecule has 1 aromatic rings. The number of piperidine rings is 1. The van der Waals surface area contributed by atoms with Crippen molar-refractivity contribution in [3.05, 3.63) is 24.3 Å². The fourth-order valence-corrected chi connectivity index (χ4v) is 4.38. The predicted molar refractivity (Wildman–Crippen MR) is 85.4 cm³/mol. The first-order valence-electron chi connectivity index (χ1n) is 7.90. The molecule has 0 aromatic heterocycles. The van der Waals surface area contributed by atoms with Crippen LogP contribution in [0.25, 0.3) is 0 Å². The molecular weight excluding hydrogens is 318 g/mol. The first-order valence-corrected chi connectivity index (χ1v) is 9.55. The lowest BCUT2D eigenvalue weighted by molar-refractivity contribution is -0.184. The van der Waals surface area contributed by atoms with Gasteiger partial charge in [0.1, 0.15) is 5.75 Å². The molecule has 3 rings (SSSR count). The number of methoxy groups -OCH3 is 1. The van der Waals surface area contributed by atoms with E-state index in [4.69, 9.17) is 14.2 Å². The van der Waals surface area contributed by atoms with E-state index >= 15 is 0 Å². The van der Waals surface area contributed by atoms with Gasteiger partial charge in [-0.1, -0.05) is 6.07 Å². The Morgan fingerprint density at radius 3 is 2.57 bits per heavy atom. The van der Waals surface area contributed by atoms with Gasteiger partial charge in [0.15, 0.2) is 15.6 Å². The molecule has 0 unspecified atom stereocenters. The summed E-state index contributed by atoms with van der Waals surface area (Å²) in [5, 5.41) is 0. The predicted octanol–water partition coefficient (Wildman–Crippen LogP) is 1.31. The molecule has 7 heteroatoms. The summed E-state index contributed by atoms with van der Waals surface area (Å²) in [6, 6.07) is 6.62. The van der Waals surface area contributed by atoms with Crippen LogP contribution < -0.4 is 4.74 Å². The van der Waals surface area contributed by atoms with Gasteiger partial charge in [0.25, 0.3) is 0 Å². The second-order valence-corrected chi connectivity index (χ2v) is 8.06. The lowest BCUT2D eigenvalue weighted by atomic mass is 10.0. The summed E-state index contributed by atoms with van der Waals surface area (Å²) in [7, 11) is -1.77. The Bertz CT molecular complexity index is 630. The number of hydrogen-bond donors (Lipinski definition) is 0. The molecule has 0 atom stereocenters. The van der Waals surface area contributed by atoms with Crippen LogP contribution >= 0.6 is 0 Å². The van der Waals surface area contributed by atoms with Crippen molar-refractivity contribution in [2.45, 2.75) is 23.5 Å². The third kappa shape index (κ3) is 3.85. The Hall–Kier alpha value is -1.15. The van der Waals surface area contributed by atoms with Crippen molar-refractivity contribution < 1.29 is 22.6 Å². The molecule has 2 heterocycles. The number of ether oxygens (including phenoxy) is 3. The normalized spacial score (nSPS) is 21.6. The van der Waals surface area contributed by atoms with E-state index in [1.807, 2.05) is 0 Å². The van der Waals surface area contributed by atoms with E-state index in [0.29, 0.717) is 30.4 Å². The van der Waals surface area contributed by atoms with Crippen molar-refractivity contribution in [1.29, 1.82) is 0 Å². The summed E-state index contributed by atoms with van der Waals surface area (Å²) in [4.78, 5) is 2.47. The second kappa shape index (κ2) is 6.76. The van der Waals surface area contributed by atoms with E-state index in [1.165, 1.54) is 7.11 Å². The van der Waals surface area contributed by atoms with Gasteiger partial charge in [-0.3, -0.25) is 0 Å². The minimum atomic E-state index is -3.30. The first-order chi connectivity index (χ1) is 11.0. The van der Waals surface area contributed by atoms with E-state index in [2.05, 4.69) is 4.90 Å². The lowest BCUT2D eigenvalue weighted by Crippen LogP contribution is -2.46. The molecule has 6 nitrogen and oxygen atoms in total. The van der Waals surface area contributed by atoms with E-state index < -0.39 is 15.6 Å². The van der Waals surface area contributed by atoms with Crippen molar-refractivity contribution in [3.63, 3.8) is 0 Å². The van der Waals surface area contributed by atoms with E-state index in [1.54, 1.807) is 24.3 Å². The van der Waals surface area contributed by atoms with Gasteiger partial charge in [0, 0.05) is 32.5 Å². The molecule has 23 heavy (non-hydrogen) atoms. The smallest absolute Gasteiger partial charge is 0.179 e. The standard InChI is InChI=1S/C16H23NO5S/c1-20-14-3-2-4-15(13-14)23(18,19)12-9-17-7-5-16(6-8-17)21-10-11-22-16/h2-4,13H,5-12H2,1H3. The van der Waals surface area contributed by atoms with Gasteiger partial charge >= 0.3 is 0 Å². The van der Waals surface area contributed by atoms with E-state index in [9.17, 15) is 8.42 Å². The van der Waals surface area contributed by atoms with Gasteiger partial charge in [0.05, 0.1) is 31.0 Å². The molecule has 2 aliphatic heterocycles. The van der Waals surface area contributed by atoms with Crippen molar-refractivity contribution in [2.75, 3.05) is 45.7 Å². The van der Waals surface area contributed by atoms with Gasteiger partial charge in [0.2, 0.25) is 0 Å². The van der Waals surface area contributed by atoms with E-state index in [0.717, 1.165) is 25.9 Å². The Morgan fingerprint density at radius 2 is 1.91 bits per heavy atom. The zero-order valence-electron chi connectivity index (χ0n) is 13.4. The van der Waals surface area contributed by atoms with Crippen LogP contribution in [0.3, 0.4) is 0 Å². The Balaban J connectivity index is 1.55. The average Bonchev–Trinajstić information content (AvgIpc) is 3.03. The van der Waals surface area contributed by atoms with Crippen LogP contribution in [-0.4, -0.2) is 64.8 Å². The lowest BCUT2D eigenvalue weighted by Gasteiger charge is -2.37. The van der Waals surface area contributed by atoms with Crippen molar-refractivity contribution in [2.24, 2.45) is 0 Å². The van der Waals surface area contributed by atoms with Gasteiger partial charge in [-0.05, 0) is 18.2 Å². The van der Waals surface area contributed by atoms with Crippen molar-refractivity contribution in [3.8, 4) is 5.75 Å². The fraction of sp³-hybridized carbons (Fsp3) is 0.625. The van der Waals surface area contributed by atoms with Crippen molar-refractivity contribution in [1.82, 2.24) is 4.90 Å². The molecule has 2 aliphatic rings. The summed E-state index contributed by atoms with van der Waals surface area (Å²) in [6.07, 6.45) is 1.60. The molecule has 2 fully saturated rings. The van der Waals surface area contributed by atoms with Gasteiger partial charge < -0.3 is 19.1 Å². The molecule has 0 N–H and O–H groups in total. The summed E-state index contributed by atoms with van der Waals surface area (Å²) < 4.78 is 41.4. The van der Waals surface area contributed by atoms with Crippen LogP contribution in [0, 0.1) is 0 Å². The van der Waals surface area contributed by atoms with Crippen LogP contribution in [0.5, 0.6) is 5.75 Å². The van der Waals surface area contributed by atoms with Crippen LogP contribution in [0.15, 0.2) is 29.2 Å². The molecule has 0 aliphatic carbocycles. The molecule has 0 saturated carbocycles. The number of hydrogen-bond acceptors (Lipinski definition) is 6. The number of sulfone groups is 1. The van der Waals surface area contributed by atoms with Gasteiger partial charge in [-0.2, -0.15) is 0 Å². The number of rotatable bonds is 5. The molecule has 0 radical (unpaired) electrons. The summed E-state index contributed by atoms with van der Waals surface area (Å²) in [5.41, 5.74) is 0. The third-order valence-corrected chi connectivity index (χ3v) is 6.20. The Labute approximate surface area is 137 Å². The molecule has 2 saturated heterocycles. The molecule has 1 spiro atoms. The van der Waals surface area contributed by atoms with Crippen molar-refractivity contribution >= 4 is 9.84 Å². The number of likely N-dealkylation sites (tertiary alicyclic amines) is 1. The SMILES string of the molecule is COc1cccc(S(=O)(=O)CCN2CCC3(CC2)OCCO3)c1. The number of nitrogens with zero attached hydrogens (tertiary/aromatic N) is 1. The topological polar surface area (TPSA) is 65.1 Å². The molecule has 1 aromatic carbocycles. The Morgan fingerprint density at radius 1 is 1.22 bits per heavy atom. The summed E-state index contributed by atoms with van der Waals surface area (Å²) in [6.45, 7) is 3.44. The van der Waals surface area contributed by atoms with Crippen LogP contribution in [0.1, 0.15) is 12.8 Å². The molecular formula is C16H23NO5S. The first kappa shape index (κ1) is 16.7. The highest BCUT2D eigenvalue weighted by Crippen LogP contribution is 2.31. The quantitative estimate of drug-likeness (QED) is 0.804. The molecule has 0 bridgehead atoms. The van der Waals surface area contributed by atoms with E-state index in [-0.39, 0.29) is 5.75 Å². The monoisotopic (exact) mass is 341 g/mol. The third-order valence-electron chi connectivity index (χ3n) is 4.51. The summed E-state index contributed by atoms with van der Waals surface area (Å²) >= 11 is 0. The van der Waals surface area contributed by atoms with Crippen LogP contribution in [-0.2, 0) is 19.3 Å². The fourth-order valence-electron chi connectivity index (χ4n) is 3.06. The molecule has 128 valence electrons. The highest BCUT2D eigenvalue weighted by Gasteiger charge is 2.39. The largest absolute Gasteiger partial charge is 0.497 e. The molecule has 0 amide bonds. The highest BCUT2D eigenvalue weighted by atomic mass is 32.2. The Kier molecular flexibility index (Phi) is 4.91. The maximum Gasteiger partial charge on any atom is 0.179 e. The number of benzene rings is 1. The van der Waals surface area contributed by atoms with Crippen LogP contribution in [0.4, 0.5) is 0 Å². The van der Waals surface area contributed by atoms with Crippen LogP contribution in [0.2, 0.25) is 0 Å². The highest BCUT2D eigenvalue weighted by molar-refractivity contribution is 7.91. The van der Waals surface area contributed by atoms with Gasteiger partial charge in [-0.15, -0.1) is 0 Å². The minimum Gasteiger partial charge on any atom is -0.497 e. The minimum absolute atomic E-state index is 0.106. The maximum absolute atomic E-state index is 12.5. The summed E-state index contributed by atoms with van der Waals surface area (Å²) in [5.74, 6) is 0.248. The average molecular weight is 341 g/mol. The van der Waals surface area contributed by atoms with Gasteiger partial charge in [-0.25, -0.2) is 8.42 Å². The maximum atomic E-state index is 12.5. The second-order valence-electron chi connectivity index (χ2n) is 5.95. The zero-order chi connectivity index (χ0) is 16.3. The zero-order valence-corrected chi connectivity index (χ0v) is 14.2.